The van der Waals surface area contributed by atoms with Gasteiger partial charge in [0.05, 0.1) is 4.92 Å². The van der Waals surface area contributed by atoms with Gasteiger partial charge in [0.25, 0.3) is 5.69 Å². The lowest BCUT2D eigenvalue weighted by molar-refractivity contribution is -0.385. The van der Waals surface area contributed by atoms with Crippen LogP contribution in [-0.4, -0.2) is 23.2 Å². The molecule has 0 bridgehead atoms. The third-order valence-electron chi connectivity index (χ3n) is 2.95. The molecule has 0 heterocycles. The van der Waals surface area contributed by atoms with Crippen molar-refractivity contribution in [3.63, 3.8) is 0 Å². The predicted octanol–water partition coefficient (Wildman–Crippen LogP) is 2.23. The van der Waals surface area contributed by atoms with E-state index in [-0.39, 0.29) is 24.3 Å². The number of hydrogen-bond donors (Lipinski definition) is 2. The van der Waals surface area contributed by atoms with E-state index >= 15 is 0 Å². The van der Waals surface area contributed by atoms with E-state index in [0.717, 1.165) is 6.07 Å². The second kappa shape index (κ2) is 6.58. The Morgan fingerprint density at radius 3 is 2.74 bits per heavy atom. The molecular formula is C13H19FN2O3. The highest BCUT2D eigenvalue weighted by molar-refractivity contribution is 5.40. The zero-order valence-corrected chi connectivity index (χ0v) is 11.1. The van der Waals surface area contributed by atoms with Gasteiger partial charge >= 0.3 is 0 Å². The third-order valence-corrected chi connectivity index (χ3v) is 2.95. The number of aliphatic hydroxyl groups excluding tert-OH is 1. The number of nitrogens with one attached hydrogen (secondary N) is 1. The van der Waals surface area contributed by atoms with Crippen molar-refractivity contribution >= 4 is 5.69 Å². The Morgan fingerprint density at radius 1 is 1.47 bits per heavy atom. The summed E-state index contributed by atoms with van der Waals surface area (Å²) in [5.41, 5.74) is 0.121. The second-order valence-corrected chi connectivity index (χ2v) is 5.27. The average Bonchev–Trinajstić information content (AvgIpc) is 2.28. The summed E-state index contributed by atoms with van der Waals surface area (Å²) in [6.07, 6.45) is 0.630. The summed E-state index contributed by atoms with van der Waals surface area (Å²) >= 11 is 0. The van der Waals surface area contributed by atoms with Crippen LogP contribution < -0.4 is 5.32 Å². The fraction of sp³-hybridized carbons (Fsp3) is 0.538. The molecule has 0 unspecified atom stereocenters. The highest BCUT2D eigenvalue weighted by Crippen LogP contribution is 2.21. The Labute approximate surface area is 111 Å². The highest BCUT2D eigenvalue weighted by atomic mass is 19.1. The molecule has 1 aromatic carbocycles. The van der Waals surface area contributed by atoms with E-state index in [1.165, 1.54) is 12.1 Å². The van der Waals surface area contributed by atoms with Gasteiger partial charge in [-0.15, -0.1) is 0 Å². The van der Waals surface area contributed by atoms with E-state index < -0.39 is 10.7 Å². The lowest BCUT2D eigenvalue weighted by Crippen LogP contribution is -2.30. The second-order valence-electron chi connectivity index (χ2n) is 5.27. The number of halogens is 1. The van der Waals surface area contributed by atoms with Gasteiger partial charge in [0.1, 0.15) is 5.82 Å². The first-order valence-corrected chi connectivity index (χ1v) is 6.10. The first kappa shape index (κ1) is 15.5. The Bertz CT molecular complexity index is 450. The Balaban J connectivity index is 2.67. The molecule has 0 aromatic heterocycles. The molecule has 0 aliphatic rings. The van der Waals surface area contributed by atoms with E-state index in [0.29, 0.717) is 18.5 Å². The summed E-state index contributed by atoms with van der Waals surface area (Å²) < 4.78 is 13.1. The molecule has 0 aliphatic heterocycles. The first-order valence-electron chi connectivity index (χ1n) is 6.10. The van der Waals surface area contributed by atoms with Crippen LogP contribution in [0.15, 0.2) is 18.2 Å². The summed E-state index contributed by atoms with van der Waals surface area (Å²) in [5, 5.41) is 22.8. The first-order chi connectivity index (χ1) is 8.85. The van der Waals surface area contributed by atoms with Crippen LogP contribution in [0.25, 0.3) is 0 Å². The number of nitro groups is 1. The largest absolute Gasteiger partial charge is 0.396 e. The lowest BCUT2D eigenvalue weighted by atomic mass is 9.90. The Morgan fingerprint density at radius 2 is 2.16 bits per heavy atom. The van der Waals surface area contributed by atoms with Crippen LogP contribution in [-0.2, 0) is 6.54 Å². The Hall–Kier alpha value is -1.53. The molecule has 6 heteroatoms. The maximum Gasteiger partial charge on any atom is 0.274 e. The molecule has 19 heavy (non-hydrogen) atoms. The molecule has 0 atom stereocenters. The normalized spacial score (nSPS) is 11.6. The molecule has 5 nitrogen and oxygen atoms in total. The molecule has 0 fully saturated rings. The van der Waals surface area contributed by atoms with E-state index in [1.807, 2.05) is 13.8 Å². The van der Waals surface area contributed by atoms with Gasteiger partial charge in [-0.1, -0.05) is 13.8 Å². The molecule has 1 rings (SSSR count). The van der Waals surface area contributed by atoms with Crippen LogP contribution in [0.5, 0.6) is 0 Å². The van der Waals surface area contributed by atoms with Crippen LogP contribution in [0.3, 0.4) is 0 Å². The standard InChI is InChI=1S/C13H19FN2O3/c1-13(2,5-6-17)9-15-8-10-7-11(14)3-4-12(10)16(18)19/h3-4,7,15,17H,5-6,8-9H2,1-2H3. The van der Waals surface area contributed by atoms with Crippen LogP contribution >= 0.6 is 0 Å². The van der Waals surface area contributed by atoms with Gasteiger partial charge in [0, 0.05) is 31.3 Å². The van der Waals surface area contributed by atoms with Crippen LogP contribution in [0, 0.1) is 21.3 Å². The summed E-state index contributed by atoms with van der Waals surface area (Å²) in [6, 6.07) is 3.42. The van der Waals surface area contributed by atoms with E-state index in [4.69, 9.17) is 5.11 Å². The van der Waals surface area contributed by atoms with E-state index in [9.17, 15) is 14.5 Å². The quantitative estimate of drug-likeness (QED) is 0.588. The smallest absolute Gasteiger partial charge is 0.274 e. The number of benzene rings is 1. The number of hydrogen-bond acceptors (Lipinski definition) is 4. The third kappa shape index (κ3) is 4.92. The van der Waals surface area contributed by atoms with Crippen LogP contribution in [0.2, 0.25) is 0 Å². The Kier molecular flexibility index (Phi) is 5.38. The lowest BCUT2D eigenvalue weighted by Gasteiger charge is -2.23. The van der Waals surface area contributed by atoms with Gasteiger partial charge < -0.3 is 10.4 Å². The SMILES string of the molecule is CC(C)(CCO)CNCc1cc(F)ccc1[N+](=O)[O-]. The molecule has 0 radical (unpaired) electrons. The van der Waals surface area contributed by atoms with Crippen molar-refractivity contribution in [1.82, 2.24) is 5.32 Å². The van der Waals surface area contributed by atoms with Gasteiger partial charge in [0.2, 0.25) is 0 Å². The number of rotatable bonds is 7. The molecule has 2 N–H and O–H groups in total. The van der Waals surface area contributed by atoms with E-state index in [2.05, 4.69) is 5.32 Å². The maximum atomic E-state index is 13.1. The van der Waals surface area contributed by atoms with Crippen molar-refractivity contribution in [3.8, 4) is 0 Å². The topological polar surface area (TPSA) is 75.4 Å². The molecule has 0 saturated heterocycles. The van der Waals surface area contributed by atoms with Crippen LogP contribution in [0.1, 0.15) is 25.8 Å². The molecular weight excluding hydrogens is 251 g/mol. The molecule has 0 amide bonds. The molecule has 0 spiro atoms. The van der Waals surface area contributed by atoms with Crippen molar-refractivity contribution in [2.24, 2.45) is 5.41 Å². The number of nitro benzene ring substituents is 1. The zero-order chi connectivity index (χ0) is 14.5. The number of aliphatic hydroxyl groups is 1. The maximum absolute atomic E-state index is 13.1. The minimum absolute atomic E-state index is 0.0890. The fourth-order valence-corrected chi connectivity index (χ4v) is 1.80. The fourth-order valence-electron chi connectivity index (χ4n) is 1.80. The van der Waals surface area contributed by atoms with Gasteiger partial charge in [-0.25, -0.2) is 4.39 Å². The predicted molar refractivity (Wildman–Crippen MR) is 70.2 cm³/mol. The molecule has 0 aliphatic carbocycles. The van der Waals surface area contributed by atoms with Crippen LogP contribution in [0.4, 0.5) is 10.1 Å². The molecule has 106 valence electrons. The summed E-state index contributed by atoms with van der Waals surface area (Å²) in [7, 11) is 0. The van der Waals surface area contributed by atoms with Gasteiger partial charge in [0.15, 0.2) is 0 Å². The highest BCUT2D eigenvalue weighted by Gasteiger charge is 2.18. The van der Waals surface area contributed by atoms with E-state index in [1.54, 1.807) is 0 Å². The van der Waals surface area contributed by atoms with Crippen molar-refractivity contribution in [2.45, 2.75) is 26.8 Å². The van der Waals surface area contributed by atoms with Gasteiger partial charge in [-0.05, 0) is 24.0 Å². The molecule has 1 aromatic rings. The zero-order valence-electron chi connectivity index (χ0n) is 11.1. The summed E-state index contributed by atoms with van der Waals surface area (Å²) in [6.45, 7) is 4.87. The van der Waals surface area contributed by atoms with Gasteiger partial charge in [-0.3, -0.25) is 10.1 Å². The molecule has 0 saturated carbocycles. The van der Waals surface area contributed by atoms with Crippen molar-refractivity contribution in [2.75, 3.05) is 13.2 Å². The van der Waals surface area contributed by atoms with Gasteiger partial charge in [-0.2, -0.15) is 0 Å². The van der Waals surface area contributed by atoms with Crippen molar-refractivity contribution in [1.29, 1.82) is 0 Å². The minimum atomic E-state index is -0.519. The van der Waals surface area contributed by atoms with Crippen molar-refractivity contribution < 1.29 is 14.4 Å². The van der Waals surface area contributed by atoms with Crippen molar-refractivity contribution in [3.05, 3.63) is 39.7 Å². The average molecular weight is 270 g/mol. The summed E-state index contributed by atoms with van der Waals surface area (Å²) in [4.78, 5) is 10.3. The summed E-state index contributed by atoms with van der Waals surface area (Å²) in [5.74, 6) is -0.489. The monoisotopic (exact) mass is 270 g/mol. The number of nitrogens with zero attached hydrogens (tertiary/aromatic N) is 1. The minimum Gasteiger partial charge on any atom is -0.396 e.